The molecule has 3 unspecified atom stereocenters. The summed E-state index contributed by atoms with van der Waals surface area (Å²) in [4.78, 5) is 11.1. The third-order valence-corrected chi connectivity index (χ3v) is 3.84. The molecule has 2 saturated carbocycles. The number of nitrogens with two attached hydrogens (primary N) is 1. The molecule has 0 aromatic carbocycles. The molecule has 13 heavy (non-hydrogen) atoms. The van der Waals surface area contributed by atoms with Gasteiger partial charge in [0.2, 0.25) is 0 Å². The molecule has 2 aliphatic rings. The van der Waals surface area contributed by atoms with Crippen LogP contribution in [0.2, 0.25) is 0 Å². The Hall–Kier alpha value is -0.570. The molecule has 3 nitrogen and oxygen atoms in total. The summed E-state index contributed by atoms with van der Waals surface area (Å²) >= 11 is 0. The van der Waals surface area contributed by atoms with E-state index in [1.54, 1.807) is 0 Å². The summed E-state index contributed by atoms with van der Waals surface area (Å²) in [6, 6.07) is 0. The van der Waals surface area contributed by atoms with Crippen LogP contribution in [0.5, 0.6) is 0 Å². The van der Waals surface area contributed by atoms with Crippen LogP contribution in [0.3, 0.4) is 0 Å². The van der Waals surface area contributed by atoms with Crippen molar-refractivity contribution < 1.29 is 9.53 Å². The Kier molecular flexibility index (Phi) is 2.06. The fourth-order valence-electron chi connectivity index (χ4n) is 2.87. The lowest BCUT2D eigenvalue weighted by Gasteiger charge is -2.40. The molecule has 0 spiro atoms. The average Bonchev–Trinajstić information content (AvgIpc) is 2.21. The molecule has 0 amide bonds. The number of fused-ring (bicyclic) bond motifs is 1. The van der Waals surface area contributed by atoms with E-state index in [0.29, 0.717) is 12.3 Å². The van der Waals surface area contributed by atoms with Crippen LogP contribution < -0.4 is 5.73 Å². The lowest BCUT2D eigenvalue weighted by molar-refractivity contribution is -0.142. The molecule has 0 aliphatic heterocycles. The van der Waals surface area contributed by atoms with E-state index in [9.17, 15) is 4.79 Å². The lowest BCUT2D eigenvalue weighted by Crippen LogP contribution is -2.49. The molecule has 0 heterocycles. The fraction of sp³-hybridized carbons (Fsp3) is 0.900. The van der Waals surface area contributed by atoms with E-state index in [1.165, 1.54) is 26.4 Å². The highest BCUT2D eigenvalue weighted by molar-refractivity contribution is 5.71. The maximum absolute atomic E-state index is 11.1. The summed E-state index contributed by atoms with van der Waals surface area (Å²) in [6.07, 6.45) is 5.13. The van der Waals surface area contributed by atoms with Gasteiger partial charge in [0.15, 0.2) is 0 Å². The van der Waals surface area contributed by atoms with Gasteiger partial charge in [-0.15, -0.1) is 0 Å². The van der Waals surface area contributed by atoms with Crippen molar-refractivity contribution >= 4 is 5.97 Å². The Labute approximate surface area is 78.6 Å². The third-order valence-electron chi connectivity index (χ3n) is 3.84. The minimum Gasteiger partial charge on any atom is -0.469 e. The van der Waals surface area contributed by atoms with Crippen molar-refractivity contribution in [2.75, 3.05) is 7.11 Å². The van der Waals surface area contributed by atoms with E-state index in [1.807, 2.05) is 0 Å². The Morgan fingerprint density at radius 3 is 2.77 bits per heavy atom. The molecule has 2 fully saturated rings. The number of carbonyl (C=O) groups is 1. The first kappa shape index (κ1) is 9.00. The van der Waals surface area contributed by atoms with Gasteiger partial charge in [-0.2, -0.15) is 0 Å². The van der Waals surface area contributed by atoms with E-state index in [4.69, 9.17) is 5.73 Å². The van der Waals surface area contributed by atoms with E-state index in [2.05, 4.69) is 4.74 Å². The number of hydrogen-bond acceptors (Lipinski definition) is 3. The molecule has 0 bridgehead atoms. The van der Waals surface area contributed by atoms with Gasteiger partial charge < -0.3 is 10.5 Å². The SMILES string of the molecule is COC(=O)CC1(N)CCC2CCC21. The second-order valence-electron chi connectivity index (χ2n) is 4.47. The molecular formula is C10H17NO2. The molecule has 0 aromatic rings. The van der Waals surface area contributed by atoms with Crippen molar-refractivity contribution in [3.05, 3.63) is 0 Å². The standard InChI is InChI=1S/C10H17NO2/c1-13-9(12)6-10(11)5-4-7-2-3-8(7)10/h7-8H,2-6,11H2,1H3. The smallest absolute Gasteiger partial charge is 0.307 e. The van der Waals surface area contributed by atoms with E-state index in [-0.39, 0.29) is 11.5 Å². The van der Waals surface area contributed by atoms with Gasteiger partial charge in [-0.05, 0) is 37.5 Å². The largest absolute Gasteiger partial charge is 0.469 e. The van der Waals surface area contributed by atoms with Crippen LogP contribution in [0.25, 0.3) is 0 Å². The van der Waals surface area contributed by atoms with Crippen molar-refractivity contribution in [3.8, 4) is 0 Å². The zero-order chi connectivity index (χ0) is 9.47. The van der Waals surface area contributed by atoms with Crippen molar-refractivity contribution in [2.45, 2.75) is 37.6 Å². The summed E-state index contributed by atoms with van der Waals surface area (Å²) in [5.74, 6) is 1.23. The molecule has 2 aliphatic carbocycles. The highest BCUT2D eigenvalue weighted by atomic mass is 16.5. The van der Waals surface area contributed by atoms with Crippen LogP contribution >= 0.6 is 0 Å². The summed E-state index contributed by atoms with van der Waals surface area (Å²) in [5.41, 5.74) is 5.98. The van der Waals surface area contributed by atoms with Gasteiger partial charge in [-0.25, -0.2) is 0 Å². The first-order valence-electron chi connectivity index (χ1n) is 5.01. The lowest BCUT2D eigenvalue weighted by atomic mass is 9.68. The molecule has 2 rings (SSSR count). The molecule has 3 heteroatoms. The van der Waals surface area contributed by atoms with E-state index in [0.717, 1.165) is 12.3 Å². The number of methoxy groups -OCH3 is 1. The Morgan fingerprint density at radius 1 is 1.54 bits per heavy atom. The fourth-order valence-corrected chi connectivity index (χ4v) is 2.87. The second kappa shape index (κ2) is 2.98. The van der Waals surface area contributed by atoms with Crippen molar-refractivity contribution in [1.82, 2.24) is 0 Å². The number of hydrogen-bond donors (Lipinski definition) is 1. The van der Waals surface area contributed by atoms with Crippen LogP contribution in [0, 0.1) is 11.8 Å². The van der Waals surface area contributed by atoms with Crippen molar-refractivity contribution in [3.63, 3.8) is 0 Å². The average molecular weight is 183 g/mol. The quantitative estimate of drug-likeness (QED) is 0.651. The van der Waals surface area contributed by atoms with Crippen LogP contribution in [0.15, 0.2) is 0 Å². The van der Waals surface area contributed by atoms with Crippen LogP contribution in [-0.4, -0.2) is 18.6 Å². The molecule has 74 valence electrons. The molecule has 2 N–H and O–H groups in total. The van der Waals surface area contributed by atoms with Crippen molar-refractivity contribution in [1.29, 1.82) is 0 Å². The summed E-state index contributed by atoms with van der Waals surface area (Å²) in [7, 11) is 1.43. The number of ether oxygens (including phenoxy) is 1. The topological polar surface area (TPSA) is 52.3 Å². The molecule has 0 saturated heterocycles. The van der Waals surface area contributed by atoms with Gasteiger partial charge in [0, 0.05) is 5.54 Å². The van der Waals surface area contributed by atoms with Crippen LogP contribution in [0.4, 0.5) is 0 Å². The Bertz CT molecular complexity index is 229. The van der Waals surface area contributed by atoms with Gasteiger partial charge >= 0.3 is 5.97 Å². The van der Waals surface area contributed by atoms with Gasteiger partial charge in [-0.3, -0.25) is 4.79 Å². The van der Waals surface area contributed by atoms with Crippen molar-refractivity contribution in [2.24, 2.45) is 17.6 Å². The zero-order valence-electron chi connectivity index (χ0n) is 8.08. The van der Waals surface area contributed by atoms with Gasteiger partial charge in [-0.1, -0.05) is 0 Å². The van der Waals surface area contributed by atoms with Gasteiger partial charge in [0.05, 0.1) is 13.5 Å². The predicted molar refractivity (Wildman–Crippen MR) is 49.0 cm³/mol. The minimum atomic E-state index is -0.240. The summed E-state index contributed by atoms with van der Waals surface area (Å²) < 4.78 is 4.67. The number of rotatable bonds is 2. The predicted octanol–water partition coefficient (Wildman–Crippen LogP) is 1.07. The minimum absolute atomic E-state index is 0.157. The van der Waals surface area contributed by atoms with E-state index < -0.39 is 0 Å². The Morgan fingerprint density at radius 2 is 2.31 bits per heavy atom. The first-order chi connectivity index (χ1) is 6.15. The maximum atomic E-state index is 11.1. The summed E-state index contributed by atoms with van der Waals surface area (Å²) in [5, 5.41) is 0. The number of carbonyl (C=O) groups excluding carboxylic acids is 1. The molecule has 3 atom stereocenters. The number of esters is 1. The third kappa shape index (κ3) is 1.35. The van der Waals surface area contributed by atoms with Crippen LogP contribution in [-0.2, 0) is 9.53 Å². The van der Waals surface area contributed by atoms with Crippen LogP contribution in [0.1, 0.15) is 32.1 Å². The van der Waals surface area contributed by atoms with Gasteiger partial charge in [0.25, 0.3) is 0 Å². The van der Waals surface area contributed by atoms with Gasteiger partial charge in [0.1, 0.15) is 0 Å². The molecule has 0 radical (unpaired) electrons. The highest BCUT2D eigenvalue weighted by Gasteiger charge is 2.51. The molecular weight excluding hydrogens is 166 g/mol. The Balaban J connectivity index is 2.00. The highest BCUT2D eigenvalue weighted by Crippen LogP contribution is 2.52. The normalized spacial score (nSPS) is 42.3. The summed E-state index contributed by atoms with van der Waals surface area (Å²) in [6.45, 7) is 0. The molecule has 0 aromatic heterocycles. The first-order valence-corrected chi connectivity index (χ1v) is 5.01. The maximum Gasteiger partial charge on any atom is 0.307 e. The second-order valence-corrected chi connectivity index (χ2v) is 4.47. The monoisotopic (exact) mass is 183 g/mol. The zero-order valence-corrected chi connectivity index (χ0v) is 8.08. The van der Waals surface area contributed by atoms with E-state index >= 15 is 0 Å².